The van der Waals surface area contributed by atoms with Gasteiger partial charge >= 0.3 is 0 Å². The number of imidazole rings is 1. The van der Waals surface area contributed by atoms with Gasteiger partial charge in [-0.15, -0.1) is 0 Å². The number of anilines is 1. The first-order valence-electron chi connectivity index (χ1n) is 10.1. The molecule has 2 N–H and O–H groups in total. The molecule has 0 bridgehead atoms. The van der Waals surface area contributed by atoms with E-state index in [1.165, 1.54) is 11.8 Å². The summed E-state index contributed by atoms with van der Waals surface area (Å²) in [6.07, 6.45) is 8.72. The Balaban J connectivity index is 1.24. The zero-order valence-electron chi connectivity index (χ0n) is 16.8. The zero-order chi connectivity index (χ0) is 21.0. The predicted octanol–water partition coefficient (Wildman–Crippen LogP) is 3.76. The van der Waals surface area contributed by atoms with Crippen molar-refractivity contribution in [1.82, 2.24) is 24.1 Å². The zero-order valence-corrected chi connectivity index (χ0v) is 17.6. The molecule has 3 aliphatic rings. The van der Waals surface area contributed by atoms with Gasteiger partial charge in [0.2, 0.25) is 6.29 Å². The van der Waals surface area contributed by atoms with Crippen LogP contribution in [0.3, 0.4) is 0 Å². The van der Waals surface area contributed by atoms with Crippen molar-refractivity contribution >= 4 is 17.6 Å². The second-order valence-corrected chi connectivity index (χ2v) is 8.16. The number of rotatable bonds is 8. The van der Waals surface area contributed by atoms with Crippen molar-refractivity contribution in [1.29, 1.82) is 0 Å². The molecule has 1 atom stereocenters. The third-order valence-electron chi connectivity index (χ3n) is 4.95. The lowest BCUT2D eigenvalue weighted by Gasteiger charge is -2.11. The Bertz CT molecular complexity index is 1140. The first-order valence-corrected chi connectivity index (χ1v) is 10.9. The van der Waals surface area contributed by atoms with E-state index in [4.69, 9.17) is 15.2 Å². The fourth-order valence-electron chi connectivity index (χ4n) is 3.44. The minimum atomic E-state index is -0.348. The van der Waals surface area contributed by atoms with Crippen LogP contribution < -0.4 is 5.73 Å². The molecule has 3 aliphatic heterocycles. The van der Waals surface area contributed by atoms with Crippen molar-refractivity contribution in [3.63, 3.8) is 0 Å². The second-order valence-electron chi connectivity index (χ2n) is 7.19. The predicted molar refractivity (Wildman–Crippen MR) is 118 cm³/mol. The van der Waals surface area contributed by atoms with Crippen molar-refractivity contribution in [2.45, 2.75) is 37.4 Å². The van der Waals surface area contributed by atoms with E-state index in [-0.39, 0.29) is 6.29 Å². The van der Waals surface area contributed by atoms with Crippen LogP contribution in [0.15, 0.2) is 77.7 Å². The maximum Gasteiger partial charge on any atom is 0.245 e. The third kappa shape index (κ3) is 4.51. The molecule has 1 unspecified atom stereocenters. The Morgan fingerprint density at radius 2 is 1.87 bits per heavy atom. The lowest BCUT2D eigenvalue weighted by molar-refractivity contribution is -0.0236. The molecule has 0 amide bonds. The molecule has 0 spiro atoms. The molecule has 5 rings (SSSR count). The summed E-state index contributed by atoms with van der Waals surface area (Å²) in [5, 5.41) is 1.19. The van der Waals surface area contributed by atoms with E-state index >= 15 is 0 Å². The highest BCUT2D eigenvalue weighted by molar-refractivity contribution is 8.02. The van der Waals surface area contributed by atoms with Crippen molar-refractivity contribution < 1.29 is 9.47 Å². The van der Waals surface area contributed by atoms with Crippen LogP contribution in [0.25, 0.3) is 11.5 Å². The fraction of sp³-hybridized carbons (Fsp3) is 0.227. The number of hydrogen-bond donors (Lipinski definition) is 1. The van der Waals surface area contributed by atoms with Crippen LogP contribution >= 0.6 is 11.8 Å². The lowest BCUT2D eigenvalue weighted by atomic mass is 10.1. The number of aryl methyl sites for hydroxylation is 2. The van der Waals surface area contributed by atoms with Crippen molar-refractivity contribution in [3.8, 4) is 11.5 Å². The van der Waals surface area contributed by atoms with Crippen LogP contribution in [0, 0.1) is 0 Å². The topological polar surface area (TPSA) is 93.0 Å². The summed E-state index contributed by atoms with van der Waals surface area (Å²) < 4.78 is 15.7. The van der Waals surface area contributed by atoms with E-state index < -0.39 is 0 Å². The Hall–Kier alpha value is -3.46. The van der Waals surface area contributed by atoms with Gasteiger partial charge in [0.15, 0.2) is 27.6 Å². The molecular weight excluding hydrogens is 412 g/mol. The van der Waals surface area contributed by atoms with Gasteiger partial charge in [-0.25, -0.2) is 15.0 Å². The van der Waals surface area contributed by atoms with Gasteiger partial charge in [0.25, 0.3) is 0 Å². The molecular formula is C22H22N6O2S. The summed E-state index contributed by atoms with van der Waals surface area (Å²) in [4.78, 5) is 13.5. The molecule has 1 aromatic carbocycles. The molecule has 2 aromatic rings. The molecule has 158 valence electrons. The highest BCUT2D eigenvalue weighted by Gasteiger charge is 2.24. The van der Waals surface area contributed by atoms with Gasteiger partial charge in [0.1, 0.15) is 6.26 Å². The third-order valence-corrected chi connectivity index (χ3v) is 5.71. The standard InChI is InChI=1S/C22H22N6O2S/c23-20-19-21(28(15-24-20)12-6-11-27-9-4-5-10-27)26-22(25-19)31-18-14-29-17(30-18)13-16-7-2-1-3-8-16/h1-5,7-10,14-15,17H,6,11-13,23H2. The Morgan fingerprint density at radius 1 is 1.03 bits per heavy atom. The van der Waals surface area contributed by atoms with Gasteiger partial charge in [-0.1, -0.05) is 30.3 Å². The van der Waals surface area contributed by atoms with E-state index in [1.54, 1.807) is 12.6 Å². The van der Waals surface area contributed by atoms with Crippen LogP contribution in [0.4, 0.5) is 5.82 Å². The minimum Gasteiger partial charge on any atom is -0.458 e. The summed E-state index contributed by atoms with van der Waals surface area (Å²) in [6.45, 7) is 1.69. The van der Waals surface area contributed by atoms with Gasteiger partial charge in [-0.3, -0.25) is 0 Å². The number of nitrogens with zero attached hydrogens (tertiary/aromatic N) is 5. The molecule has 31 heavy (non-hydrogen) atoms. The van der Waals surface area contributed by atoms with Crippen LogP contribution in [0.1, 0.15) is 12.0 Å². The Labute approximate surface area is 184 Å². The van der Waals surface area contributed by atoms with E-state index in [9.17, 15) is 0 Å². The summed E-state index contributed by atoms with van der Waals surface area (Å²) >= 11 is 1.32. The fourth-order valence-corrected chi connectivity index (χ4v) is 4.15. The molecule has 0 fully saturated rings. The van der Waals surface area contributed by atoms with E-state index in [1.807, 2.05) is 34.9 Å². The normalized spacial score (nSPS) is 15.6. The Kier molecular flexibility index (Phi) is 5.49. The van der Waals surface area contributed by atoms with Crippen molar-refractivity contribution in [3.05, 3.63) is 78.1 Å². The number of nitrogen functional groups attached to an aromatic ring is 1. The van der Waals surface area contributed by atoms with Crippen molar-refractivity contribution in [2.24, 2.45) is 0 Å². The van der Waals surface area contributed by atoms with Gasteiger partial charge in [0.05, 0.1) is 6.33 Å². The van der Waals surface area contributed by atoms with Gasteiger partial charge < -0.3 is 24.3 Å². The molecule has 0 saturated heterocycles. The summed E-state index contributed by atoms with van der Waals surface area (Å²) in [7, 11) is 0. The molecule has 0 saturated carbocycles. The number of thioether (sulfide) groups is 1. The summed E-state index contributed by atoms with van der Waals surface area (Å²) in [5.74, 6) is 1.10. The van der Waals surface area contributed by atoms with E-state index in [0.717, 1.165) is 30.9 Å². The number of hydrogen-bond acceptors (Lipinski definition) is 7. The highest BCUT2D eigenvalue weighted by atomic mass is 32.2. The van der Waals surface area contributed by atoms with Crippen molar-refractivity contribution in [2.75, 3.05) is 5.73 Å². The smallest absolute Gasteiger partial charge is 0.245 e. The number of fused-ring (bicyclic) bond motifs is 1. The van der Waals surface area contributed by atoms with Crippen LogP contribution in [-0.4, -0.2) is 30.4 Å². The molecule has 1 aromatic heterocycles. The quantitative estimate of drug-likeness (QED) is 0.451. The van der Waals surface area contributed by atoms with Gasteiger partial charge in [-0.05, 0) is 35.9 Å². The SMILES string of the molecule is Nc1ncn(CCCn2cccc2)c2nc(SC3=COC(Cc4ccccc4)O3)nc1-2. The van der Waals surface area contributed by atoms with Crippen LogP contribution in [0.2, 0.25) is 0 Å². The first-order chi connectivity index (χ1) is 15.2. The largest absolute Gasteiger partial charge is 0.458 e. The van der Waals surface area contributed by atoms with Gasteiger partial charge in [-0.2, -0.15) is 0 Å². The molecule has 8 nitrogen and oxygen atoms in total. The van der Waals surface area contributed by atoms with Crippen LogP contribution in [0.5, 0.6) is 0 Å². The summed E-state index contributed by atoms with van der Waals surface area (Å²) in [5.41, 5.74) is 7.81. The average molecular weight is 435 g/mol. The van der Waals surface area contributed by atoms with E-state index in [2.05, 4.69) is 44.0 Å². The monoisotopic (exact) mass is 434 g/mol. The van der Waals surface area contributed by atoms with Crippen LogP contribution in [-0.2, 0) is 29.0 Å². The maximum atomic E-state index is 6.05. The molecule has 9 heteroatoms. The minimum absolute atomic E-state index is 0.348. The maximum absolute atomic E-state index is 6.05. The number of nitrogens with two attached hydrogens (primary N) is 1. The van der Waals surface area contributed by atoms with Gasteiger partial charge in [0, 0.05) is 31.9 Å². The number of ether oxygens (including phenoxy) is 2. The lowest BCUT2D eigenvalue weighted by Crippen LogP contribution is -2.11. The highest BCUT2D eigenvalue weighted by Crippen LogP contribution is 2.34. The molecule has 0 radical (unpaired) electrons. The Morgan fingerprint density at radius 3 is 2.71 bits per heavy atom. The summed E-state index contributed by atoms with van der Waals surface area (Å²) in [6, 6.07) is 14.1. The number of aromatic nitrogens is 5. The molecule has 0 aliphatic carbocycles. The second kappa shape index (κ2) is 8.73. The average Bonchev–Trinajstić information content (AvgIpc) is 3.53. The molecule has 4 heterocycles. The first kappa shape index (κ1) is 19.5. The van der Waals surface area contributed by atoms with E-state index in [0.29, 0.717) is 28.2 Å². The number of benzene rings is 1.